The zero-order valence-corrected chi connectivity index (χ0v) is 14.1. The Morgan fingerprint density at radius 1 is 1.28 bits per heavy atom. The van der Waals surface area contributed by atoms with Crippen LogP contribution in [0.5, 0.6) is 5.75 Å². The van der Waals surface area contributed by atoms with Gasteiger partial charge >= 0.3 is 0 Å². The summed E-state index contributed by atoms with van der Waals surface area (Å²) in [5.41, 5.74) is 4.23. The molecule has 25 heavy (non-hydrogen) atoms. The molecule has 130 valence electrons. The van der Waals surface area contributed by atoms with E-state index in [1.807, 2.05) is 24.5 Å². The van der Waals surface area contributed by atoms with Crippen molar-refractivity contribution < 1.29 is 19.7 Å². The first-order chi connectivity index (χ1) is 11.9. The van der Waals surface area contributed by atoms with Crippen LogP contribution in [0.2, 0.25) is 0 Å². The number of aliphatic hydroxyl groups excluding tert-OH is 1. The maximum Gasteiger partial charge on any atom is 0.120 e. The molecule has 1 N–H and O–H groups in total. The van der Waals surface area contributed by atoms with Gasteiger partial charge in [-0.15, -0.1) is 0 Å². The monoisotopic (exact) mass is 339 g/mol. The first-order valence-corrected chi connectivity index (χ1v) is 7.98. The molecule has 0 saturated carbocycles. The van der Waals surface area contributed by atoms with Gasteiger partial charge in [0.1, 0.15) is 18.5 Å². The highest BCUT2D eigenvalue weighted by Gasteiger charge is 2.11. The van der Waals surface area contributed by atoms with E-state index in [1.165, 1.54) is 23.3 Å². The Morgan fingerprint density at radius 2 is 2.04 bits per heavy atom. The molecule has 2 aromatic carbocycles. The fraction of sp³-hybridized carbons (Fsp3) is 0.263. The second-order valence-corrected chi connectivity index (χ2v) is 6.10. The van der Waals surface area contributed by atoms with Gasteiger partial charge in [0.05, 0.1) is 29.9 Å². The van der Waals surface area contributed by atoms with E-state index < -0.39 is 12.1 Å². The molecule has 6 nitrogen and oxygen atoms in total. The number of aromatic carboxylic acids is 1. The average molecular weight is 339 g/mol. The number of aliphatic hydroxyl groups is 1. The summed E-state index contributed by atoms with van der Waals surface area (Å²) in [7, 11) is 0. The second kappa shape index (κ2) is 6.94. The number of aryl methyl sites for hydroxylation is 2. The Bertz CT molecular complexity index is 917. The quantitative estimate of drug-likeness (QED) is 0.734. The molecule has 1 aromatic heterocycles. The van der Waals surface area contributed by atoms with E-state index in [0.717, 1.165) is 11.0 Å². The minimum Gasteiger partial charge on any atom is -0.545 e. The number of carbonyl (C=O) groups is 1. The van der Waals surface area contributed by atoms with Crippen molar-refractivity contribution in [2.45, 2.75) is 26.5 Å². The van der Waals surface area contributed by atoms with Crippen molar-refractivity contribution in [1.82, 2.24) is 9.55 Å². The van der Waals surface area contributed by atoms with Gasteiger partial charge in [-0.2, -0.15) is 0 Å². The predicted octanol–water partition coefficient (Wildman–Crippen LogP) is 1.46. The first kappa shape index (κ1) is 17.0. The lowest BCUT2D eigenvalue weighted by Gasteiger charge is -2.14. The maximum atomic E-state index is 10.9. The molecule has 0 amide bonds. The lowest BCUT2D eigenvalue weighted by molar-refractivity contribution is -0.255. The van der Waals surface area contributed by atoms with Crippen molar-refractivity contribution in [2.24, 2.45) is 0 Å². The Morgan fingerprint density at radius 3 is 2.80 bits per heavy atom. The zero-order chi connectivity index (χ0) is 18.0. The van der Waals surface area contributed by atoms with E-state index in [1.54, 1.807) is 18.5 Å². The van der Waals surface area contributed by atoms with Crippen molar-refractivity contribution in [1.29, 1.82) is 0 Å². The maximum absolute atomic E-state index is 10.9. The van der Waals surface area contributed by atoms with Crippen LogP contribution in [-0.4, -0.2) is 33.3 Å². The minimum absolute atomic E-state index is 0.0402. The van der Waals surface area contributed by atoms with Crippen LogP contribution in [0.3, 0.4) is 0 Å². The van der Waals surface area contributed by atoms with E-state index in [2.05, 4.69) is 11.1 Å². The van der Waals surface area contributed by atoms with Crippen LogP contribution in [0.25, 0.3) is 11.0 Å². The van der Waals surface area contributed by atoms with Crippen molar-refractivity contribution >= 4 is 17.0 Å². The van der Waals surface area contributed by atoms with Crippen LogP contribution in [0, 0.1) is 13.8 Å². The number of carboxylic acid groups (broad SMARTS) is 1. The summed E-state index contributed by atoms with van der Waals surface area (Å²) < 4.78 is 7.37. The molecule has 0 radical (unpaired) electrons. The van der Waals surface area contributed by atoms with E-state index in [-0.39, 0.29) is 12.2 Å². The molecular weight excluding hydrogens is 320 g/mol. The standard InChI is InChI=1S/C19H20N2O4/c1-12-6-17-18(7-13(12)2)21(11-20-17)9-15(22)10-25-16-5-3-4-14(8-16)19(23)24/h3-8,11,15,22H,9-10H2,1-2H3,(H,23,24)/p-1/t15-/m0/s1. The minimum atomic E-state index is -1.26. The number of hydrogen-bond donors (Lipinski definition) is 1. The van der Waals surface area contributed by atoms with E-state index in [9.17, 15) is 15.0 Å². The van der Waals surface area contributed by atoms with Crippen molar-refractivity contribution in [3.8, 4) is 5.75 Å². The summed E-state index contributed by atoms with van der Waals surface area (Å²) in [4.78, 5) is 15.2. The van der Waals surface area contributed by atoms with Crippen LogP contribution in [0.1, 0.15) is 21.5 Å². The molecule has 0 spiro atoms. The molecule has 0 bridgehead atoms. The summed E-state index contributed by atoms with van der Waals surface area (Å²) in [5, 5.41) is 21.1. The summed E-state index contributed by atoms with van der Waals surface area (Å²) in [6.07, 6.45) is 0.939. The predicted molar refractivity (Wildman–Crippen MR) is 91.5 cm³/mol. The highest BCUT2D eigenvalue weighted by molar-refractivity contribution is 5.86. The fourth-order valence-corrected chi connectivity index (χ4v) is 2.64. The largest absolute Gasteiger partial charge is 0.545 e. The molecular formula is C19H19N2O4-. The highest BCUT2D eigenvalue weighted by Crippen LogP contribution is 2.19. The van der Waals surface area contributed by atoms with Gasteiger partial charge in [-0.1, -0.05) is 12.1 Å². The van der Waals surface area contributed by atoms with Gasteiger partial charge in [0, 0.05) is 5.56 Å². The van der Waals surface area contributed by atoms with Gasteiger partial charge < -0.3 is 24.3 Å². The summed E-state index contributed by atoms with van der Waals surface area (Å²) in [5.74, 6) is -0.885. The third-order valence-electron chi connectivity index (χ3n) is 4.16. The summed E-state index contributed by atoms with van der Waals surface area (Å²) >= 11 is 0. The Balaban J connectivity index is 1.67. The molecule has 0 unspecified atom stereocenters. The van der Waals surface area contributed by atoms with Crippen LogP contribution in [-0.2, 0) is 6.54 Å². The van der Waals surface area contributed by atoms with Gasteiger partial charge in [0.25, 0.3) is 0 Å². The number of imidazole rings is 1. The van der Waals surface area contributed by atoms with Gasteiger partial charge in [0.15, 0.2) is 0 Å². The van der Waals surface area contributed by atoms with Gasteiger partial charge in [-0.05, 0) is 49.2 Å². The number of carbonyl (C=O) groups excluding carboxylic acids is 1. The molecule has 0 saturated heterocycles. The van der Waals surface area contributed by atoms with Crippen LogP contribution >= 0.6 is 0 Å². The Kier molecular flexibility index (Phi) is 4.72. The van der Waals surface area contributed by atoms with E-state index >= 15 is 0 Å². The molecule has 1 heterocycles. The average Bonchev–Trinajstić information content (AvgIpc) is 2.95. The molecule has 1 atom stereocenters. The smallest absolute Gasteiger partial charge is 0.120 e. The SMILES string of the molecule is Cc1cc2ncn(C[C@H](O)COc3cccc(C(=O)[O-])c3)c2cc1C. The third kappa shape index (κ3) is 3.80. The van der Waals surface area contributed by atoms with Gasteiger partial charge in [-0.3, -0.25) is 0 Å². The number of aromatic nitrogens is 2. The number of benzene rings is 2. The number of carboxylic acids is 1. The normalized spacial score (nSPS) is 12.3. The van der Waals surface area contributed by atoms with Crippen LogP contribution in [0.15, 0.2) is 42.7 Å². The molecule has 0 aliphatic heterocycles. The second-order valence-electron chi connectivity index (χ2n) is 6.10. The number of fused-ring (bicyclic) bond motifs is 1. The van der Waals surface area contributed by atoms with Gasteiger partial charge in [0.2, 0.25) is 0 Å². The van der Waals surface area contributed by atoms with E-state index in [0.29, 0.717) is 12.3 Å². The molecule has 3 rings (SSSR count). The van der Waals surface area contributed by atoms with Crippen molar-refractivity contribution in [3.05, 3.63) is 59.4 Å². The Labute approximate surface area is 145 Å². The number of ether oxygens (including phenoxy) is 1. The van der Waals surface area contributed by atoms with Crippen molar-refractivity contribution in [3.63, 3.8) is 0 Å². The molecule has 6 heteroatoms. The highest BCUT2D eigenvalue weighted by atomic mass is 16.5. The Hall–Kier alpha value is -2.86. The summed E-state index contributed by atoms with van der Waals surface area (Å²) in [6, 6.07) is 10.1. The lowest BCUT2D eigenvalue weighted by atomic mass is 10.1. The molecule has 0 aliphatic carbocycles. The van der Waals surface area contributed by atoms with Crippen molar-refractivity contribution in [2.75, 3.05) is 6.61 Å². The molecule has 3 aromatic rings. The van der Waals surface area contributed by atoms with Crippen LogP contribution < -0.4 is 9.84 Å². The third-order valence-corrected chi connectivity index (χ3v) is 4.16. The van der Waals surface area contributed by atoms with Crippen LogP contribution in [0.4, 0.5) is 0 Å². The zero-order valence-electron chi connectivity index (χ0n) is 14.1. The lowest BCUT2D eigenvalue weighted by Crippen LogP contribution is -2.24. The molecule has 0 fully saturated rings. The van der Waals surface area contributed by atoms with Gasteiger partial charge in [-0.25, -0.2) is 4.98 Å². The summed E-state index contributed by atoms with van der Waals surface area (Å²) in [6.45, 7) is 4.45. The number of hydrogen-bond acceptors (Lipinski definition) is 5. The number of nitrogens with zero attached hydrogens (tertiary/aromatic N) is 2. The number of rotatable bonds is 6. The first-order valence-electron chi connectivity index (χ1n) is 7.98. The van der Waals surface area contributed by atoms with E-state index in [4.69, 9.17) is 4.74 Å². The fourth-order valence-electron chi connectivity index (χ4n) is 2.64. The molecule has 0 aliphatic rings. The topological polar surface area (TPSA) is 87.4 Å².